The molecule has 0 aromatic carbocycles. The normalized spacial score (nSPS) is 25.1. The fourth-order valence-electron chi connectivity index (χ4n) is 1.98. The molecule has 0 bridgehead atoms. The minimum atomic E-state index is -1.71. The number of rotatable bonds is 4. The molecule has 1 fully saturated rings. The summed E-state index contributed by atoms with van der Waals surface area (Å²) in [4.78, 5) is 10.7. The Labute approximate surface area is 117 Å². The summed E-state index contributed by atoms with van der Waals surface area (Å²) in [5.74, 6) is 0.389. The van der Waals surface area contributed by atoms with Crippen LogP contribution < -0.4 is 10.6 Å². The van der Waals surface area contributed by atoms with Crippen LogP contribution in [0.2, 0.25) is 18.1 Å². The van der Waals surface area contributed by atoms with E-state index >= 15 is 0 Å². The summed E-state index contributed by atoms with van der Waals surface area (Å²) in [5.41, 5.74) is 0. The topological polar surface area (TPSA) is 70.6 Å². The van der Waals surface area contributed by atoms with Crippen LogP contribution in [0.25, 0.3) is 0 Å². The summed E-state index contributed by atoms with van der Waals surface area (Å²) in [6.45, 7) is 13.5. The largest absolute Gasteiger partial charge is 0.465 e. The zero-order valence-corrected chi connectivity index (χ0v) is 13.7. The van der Waals surface area contributed by atoms with Gasteiger partial charge in [-0.1, -0.05) is 20.8 Å². The number of piperidine rings is 1. The number of amides is 1. The van der Waals surface area contributed by atoms with Gasteiger partial charge >= 0.3 is 6.09 Å². The highest BCUT2D eigenvalue weighted by molar-refractivity contribution is 6.74. The minimum absolute atomic E-state index is 0.000680. The molecule has 5 nitrogen and oxygen atoms in total. The molecule has 0 aromatic rings. The smallest absolute Gasteiger partial charge is 0.404 e. The molecule has 0 aliphatic carbocycles. The fraction of sp³-hybridized carbons (Fsp3) is 0.923. The van der Waals surface area contributed by atoms with E-state index in [9.17, 15) is 4.79 Å². The van der Waals surface area contributed by atoms with Crippen LogP contribution in [0, 0.1) is 5.92 Å². The predicted molar refractivity (Wildman–Crippen MR) is 79.1 cm³/mol. The van der Waals surface area contributed by atoms with Crippen molar-refractivity contribution in [3.05, 3.63) is 0 Å². The van der Waals surface area contributed by atoms with Gasteiger partial charge in [-0.15, -0.1) is 0 Å². The maximum atomic E-state index is 10.7. The molecule has 0 aromatic heterocycles. The van der Waals surface area contributed by atoms with Gasteiger partial charge in [0.1, 0.15) is 0 Å². The lowest BCUT2D eigenvalue weighted by molar-refractivity contribution is 0.166. The van der Waals surface area contributed by atoms with Crippen molar-refractivity contribution in [2.24, 2.45) is 5.92 Å². The SMILES string of the molecule is CC(C)(C)[Si](C)(C)OCC1CNCC(NC(=O)O)C1. The Morgan fingerprint density at radius 1 is 1.42 bits per heavy atom. The first-order valence-electron chi connectivity index (χ1n) is 6.96. The molecule has 1 aliphatic heterocycles. The van der Waals surface area contributed by atoms with E-state index in [0.29, 0.717) is 12.5 Å². The van der Waals surface area contributed by atoms with Gasteiger partial charge < -0.3 is 20.2 Å². The van der Waals surface area contributed by atoms with Gasteiger partial charge in [-0.2, -0.15) is 0 Å². The van der Waals surface area contributed by atoms with E-state index < -0.39 is 14.4 Å². The predicted octanol–water partition coefficient (Wildman–Crippen LogP) is 2.25. The van der Waals surface area contributed by atoms with Crippen molar-refractivity contribution >= 4 is 14.4 Å². The maximum Gasteiger partial charge on any atom is 0.404 e. The molecule has 1 amide bonds. The first-order valence-corrected chi connectivity index (χ1v) is 9.87. The quantitative estimate of drug-likeness (QED) is 0.694. The van der Waals surface area contributed by atoms with Gasteiger partial charge in [-0.05, 0) is 30.5 Å². The van der Waals surface area contributed by atoms with Gasteiger partial charge in [0, 0.05) is 25.7 Å². The number of hydrogen-bond acceptors (Lipinski definition) is 3. The highest BCUT2D eigenvalue weighted by atomic mass is 28.4. The van der Waals surface area contributed by atoms with Crippen molar-refractivity contribution in [1.82, 2.24) is 10.6 Å². The molecule has 0 spiro atoms. The van der Waals surface area contributed by atoms with Crippen LogP contribution in [0.3, 0.4) is 0 Å². The van der Waals surface area contributed by atoms with E-state index in [1.54, 1.807) is 0 Å². The van der Waals surface area contributed by atoms with Crippen molar-refractivity contribution in [2.75, 3.05) is 19.7 Å². The van der Waals surface area contributed by atoms with Crippen molar-refractivity contribution < 1.29 is 14.3 Å². The van der Waals surface area contributed by atoms with E-state index in [1.165, 1.54) is 0 Å². The third-order valence-corrected chi connectivity index (χ3v) is 8.76. The molecule has 0 radical (unpaired) electrons. The molecule has 1 rings (SSSR count). The Hall–Kier alpha value is -0.593. The summed E-state index contributed by atoms with van der Waals surface area (Å²) in [6, 6.07) is -0.000680. The molecule has 1 saturated heterocycles. The summed E-state index contributed by atoms with van der Waals surface area (Å²) < 4.78 is 6.21. The van der Waals surface area contributed by atoms with Crippen LogP contribution in [0.5, 0.6) is 0 Å². The van der Waals surface area contributed by atoms with Gasteiger partial charge in [0.15, 0.2) is 8.32 Å². The Morgan fingerprint density at radius 2 is 2.05 bits per heavy atom. The fourth-order valence-corrected chi connectivity index (χ4v) is 3.07. The summed E-state index contributed by atoms with van der Waals surface area (Å²) in [5, 5.41) is 14.8. The highest BCUT2D eigenvalue weighted by Gasteiger charge is 2.38. The third kappa shape index (κ3) is 5.12. The van der Waals surface area contributed by atoms with Crippen molar-refractivity contribution in [3.8, 4) is 0 Å². The zero-order chi connectivity index (χ0) is 14.7. The van der Waals surface area contributed by atoms with Crippen molar-refractivity contribution in [2.45, 2.75) is 51.4 Å². The van der Waals surface area contributed by atoms with Gasteiger partial charge in [0.2, 0.25) is 0 Å². The highest BCUT2D eigenvalue weighted by Crippen LogP contribution is 2.36. The number of hydrogen-bond donors (Lipinski definition) is 3. The molecule has 2 unspecified atom stereocenters. The maximum absolute atomic E-state index is 10.7. The standard InChI is InChI=1S/C13H28N2O3Si/c1-13(2,3)19(4,5)18-9-10-6-11(8-14-7-10)15-12(16)17/h10-11,14-15H,6-9H2,1-5H3,(H,16,17). The second kappa shape index (κ2) is 6.24. The van der Waals surface area contributed by atoms with Crippen LogP contribution in [-0.2, 0) is 4.43 Å². The molecule has 3 N–H and O–H groups in total. The number of nitrogens with one attached hydrogen (secondary N) is 2. The Bertz CT molecular complexity index is 316. The first-order chi connectivity index (χ1) is 8.62. The number of carboxylic acid groups (broad SMARTS) is 1. The molecule has 112 valence electrons. The van der Waals surface area contributed by atoms with Crippen LogP contribution in [0.4, 0.5) is 4.79 Å². The van der Waals surface area contributed by atoms with E-state index in [0.717, 1.165) is 19.6 Å². The Morgan fingerprint density at radius 3 is 2.58 bits per heavy atom. The monoisotopic (exact) mass is 288 g/mol. The van der Waals surface area contributed by atoms with Crippen LogP contribution >= 0.6 is 0 Å². The lowest BCUT2D eigenvalue weighted by Gasteiger charge is -2.38. The molecule has 2 atom stereocenters. The molecular weight excluding hydrogens is 260 g/mol. The van der Waals surface area contributed by atoms with E-state index in [-0.39, 0.29) is 11.1 Å². The van der Waals surface area contributed by atoms with E-state index in [4.69, 9.17) is 9.53 Å². The molecule has 1 aliphatic rings. The molecule has 1 heterocycles. The summed E-state index contributed by atoms with van der Waals surface area (Å²) in [6.07, 6.45) is -0.0914. The summed E-state index contributed by atoms with van der Waals surface area (Å²) >= 11 is 0. The van der Waals surface area contributed by atoms with E-state index in [2.05, 4.69) is 44.5 Å². The van der Waals surface area contributed by atoms with Crippen LogP contribution in [0.1, 0.15) is 27.2 Å². The molecular formula is C13H28N2O3Si. The van der Waals surface area contributed by atoms with E-state index in [1.807, 2.05) is 0 Å². The molecule has 6 heteroatoms. The van der Waals surface area contributed by atoms with Gasteiger partial charge in [-0.3, -0.25) is 0 Å². The zero-order valence-electron chi connectivity index (χ0n) is 12.7. The number of carbonyl (C=O) groups is 1. The Balaban J connectivity index is 2.43. The van der Waals surface area contributed by atoms with Gasteiger partial charge in [0.05, 0.1) is 0 Å². The first kappa shape index (κ1) is 16.5. The minimum Gasteiger partial charge on any atom is -0.465 e. The average Bonchev–Trinajstić information content (AvgIpc) is 2.24. The molecule has 0 saturated carbocycles. The van der Waals surface area contributed by atoms with Crippen LogP contribution in [-0.4, -0.2) is 45.3 Å². The summed E-state index contributed by atoms with van der Waals surface area (Å²) in [7, 11) is -1.71. The van der Waals surface area contributed by atoms with Crippen molar-refractivity contribution in [1.29, 1.82) is 0 Å². The second-order valence-corrected chi connectivity index (χ2v) is 11.8. The third-order valence-electron chi connectivity index (χ3n) is 4.26. The Kier molecular flexibility index (Phi) is 5.40. The van der Waals surface area contributed by atoms with Gasteiger partial charge in [-0.25, -0.2) is 4.79 Å². The van der Waals surface area contributed by atoms with Crippen molar-refractivity contribution in [3.63, 3.8) is 0 Å². The molecule has 19 heavy (non-hydrogen) atoms. The van der Waals surface area contributed by atoms with Crippen LogP contribution in [0.15, 0.2) is 0 Å². The lowest BCUT2D eigenvalue weighted by atomic mass is 9.97. The average molecular weight is 288 g/mol. The second-order valence-electron chi connectivity index (χ2n) is 6.98. The van der Waals surface area contributed by atoms with Gasteiger partial charge in [0.25, 0.3) is 0 Å². The lowest BCUT2D eigenvalue weighted by Crippen LogP contribution is -2.50.